The molecule has 0 saturated heterocycles. The molecule has 1 aromatic carbocycles. The van der Waals surface area contributed by atoms with Crippen molar-refractivity contribution >= 4 is 5.91 Å². The number of carbonyl (C=O) groups excluding carboxylic acids is 1. The molecule has 0 radical (unpaired) electrons. The molecule has 1 rings (SSSR count). The van der Waals surface area contributed by atoms with Gasteiger partial charge < -0.3 is 15.4 Å². The lowest BCUT2D eigenvalue weighted by Crippen LogP contribution is -2.33. The maximum atomic E-state index is 11.4. The van der Waals surface area contributed by atoms with Crippen LogP contribution in [0.2, 0.25) is 0 Å². The van der Waals surface area contributed by atoms with E-state index in [4.69, 9.17) is 4.74 Å². The monoisotopic (exact) mass is 250 g/mol. The molecule has 4 nitrogen and oxygen atoms in total. The SMILES string of the molecule is CNC(=O)C(C)Oc1ccc(C(C)NC)cc1C. The minimum absolute atomic E-state index is 0.123. The van der Waals surface area contributed by atoms with Crippen molar-refractivity contribution in [3.8, 4) is 5.75 Å². The molecule has 4 heteroatoms. The molecular formula is C14H22N2O2. The van der Waals surface area contributed by atoms with Crippen LogP contribution in [0.5, 0.6) is 5.75 Å². The van der Waals surface area contributed by atoms with Crippen molar-refractivity contribution in [1.29, 1.82) is 0 Å². The molecule has 2 N–H and O–H groups in total. The van der Waals surface area contributed by atoms with E-state index >= 15 is 0 Å². The zero-order valence-electron chi connectivity index (χ0n) is 11.7. The van der Waals surface area contributed by atoms with Crippen molar-refractivity contribution in [3.63, 3.8) is 0 Å². The molecule has 0 bridgehead atoms. The maximum absolute atomic E-state index is 11.4. The van der Waals surface area contributed by atoms with Crippen molar-refractivity contribution in [1.82, 2.24) is 10.6 Å². The first-order valence-corrected chi connectivity index (χ1v) is 6.15. The lowest BCUT2D eigenvalue weighted by atomic mass is 10.1. The highest BCUT2D eigenvalue weighted by atomic mass is 16.5. The molecule has 0 heterocycles. The van der Waals surface area contributed by atoms with Crippen LogP contribution in [-0.2, 0) is 4.79 Å². The Hall–Kier alpha value is -1.55. The summed E-state index contributed by atoms with van der Waals surface area (Å²) in [5.74, 6) is 0.625. The number of hydrogen-bond donors (Lipinski definition) is 2. The number of amides is 1. The average molecular weight is 250 g/mol. The standard InChI is InChI=1S/C14H22N2O2/c1-9-8-12(10(2)15-4)6-7-13(9)18-11(3)14(17)16-5/h6-8,10-11,15H,1-5H3,(H,16,17). The van der Waals surface area contributed by atoms with E-state index < -0.39 is 6.10 Å². The Bertz CT molecular complexity index is 418. The highest BCUT2D eigenvalue weighted by Crippen LogP contribution is 2.23. The number of carbonyl (C=O) groups is 1. The van der Waals surface area contributed by atoms with E-state index in [-0.39, 0.29) is 5.91 Å². The fourth-order valence-electron chi connectivity index (χ4n) is 1.69. The third kappa shape index (κ3) is 3.47. The number of benzene rings is 1. The summed E-state index contributed by atoms with van der Waals surface area (Å²) in [5.41, 5.74) is 2.24. The third-order valence-corrected chi connectivity index (χ3v) is 3.05. The van der Waals surface area contributed by atoms with E-state index in [1.54, 1.807) is 14.0 Å². The van der Waals surface area contributed by atoms with Crippen molar-refractivity contribution in [3.05, 3.63) is 29.3 Å². The number of ether oxygens (including phenoxy) is 1. The van der Waals surface area contributed by atoms with Gasteiger partial charge in [-0.15, -0.1) is 0 Å². The van der Waals surface area contributed by atoms with Gasteiger partial charge in [0.2, 0.25) is 0 Å². The first-order chi connectivity index (χ1) is 8.49. The molecule has 0 aliphatic heterocycles. The van der Waals surface area contributed by atoms with Gasteiger partial charge in [-0.2, -0.15) is 0 Å². The quantitative estimate of drug-likeness (QED) is 0.837. The summed E-state index contributed by atoms with van der Waals surface area (Å²) < 4.78 is 5.63. The molecule has 0 aliphatic rings. The molecule has 1 aromatic rings. The van der Waals surface area contributed by atoms with Crippen LogP contribution in [-0.4, -0.2) is 26.1 Å². The summed E-state index contributed by atoms with van der Waals surface area (Å²) in [6.07, 6.45) is -0.485. The van der Waals surface area contributed by atoms with Crippen molar-refractivity contribution in [2.45, 2.75) is 32.9 Å². The van der Waals surface area contributed by atoms with E-state index in [0.717, 1.165) is 11.3 Å². The van der Waals surface area contributed by atoms with Gasteiger partial charge in [0.05, 0.1) is 0 Å². The zero-order chi connectivity index (χ0) is 13.7. The van der Waals surface area contributed by atoms with Gasteiger partial charge in [0.15, 0.2) is 6.10 Å². The second-order valence-corrected chi connectivity index (χ2v) is 4.41. The average Bonchev–Trinajstić information content (AvgIpc) is 2.38. The Morgan fingerprint density at radius 1 is 1.28 bits per heavy atom. The topological polar surface area (TPSA) is 50.4 Å². The smallest absolute Gasteiger partial charge is 0.260 e. The molecule has 0 aliphatic carbocycles. The van der Waals surface area contributed by atoms with Crippen molar-refractivity contribution < 1.29 is 9.53 Å². The predicted molar refractivity (Wildman–Crippen MR) is 72.8 cm³/mol. The Balaban J connectivity index is 2.83. The molecule has 18 heavy (non-hydrogen) atoms. The third-order valence-electron chi connectivity index (χ3n) is 3.05. The van der Waals surface area contributed by atoms with Crippen LogP contribution in [0.15, 0.2) is 18.2 Å². The van der Waals surface area contributed by atoms with Crippen LogP contribution >= 0.6 is 0 Å². The Kier molecular flexibility index (Phi) is 5.16. The van der Waals surface area contributed by atoms with Gasteiger partial charge in [0.25, 0.3) is 5.91 Å². The van der Waals surface area contributed by atoms with Crippen LogP contribution in [0.1, 0.15) is 31.0 Å². The van der Waals surface area contributed by atoms with Crippen LogP contribution in [0, 0.1) is 6.92 Å². The summed E-state index contributed by atoms with van der Waals surface area (Å²) in [6, 6.07) is 6.31. The van der Waals surface area contributed by atoms with Gasteiger partial charge in [0.1, 0.15) is 5.75 Å². The second kappa shape index (κ2) is 6.40. The zero-order valence-corrected chi connectivity index (χ0v) is 11.7. The summed E-state index contributed by atoms with van der Waals surface area (Å²) in [4.78, 5) is 11.4. The molecule has 0 aromatic heterocycles. The van der Waals surface area contributed by atoms with E-state index in [0.29, 0.717) is 6.04 Å². The highest BCUT2D eigenvalue weighted by molar-refractivity contribution is 5.80. The van der Waals surface area contributed by atoms with Crippen LogP contribution in [0.25, 0.3) is 0 Å². The van der Waals surface area contributed by atoms with Gasteiger partial charge in [-0.25, -0.2) is 0 Å². The molecule has 0 saturated carbocycles. The van der Waals surface area contributed by atoms with Crippen molar-refractivity contribution in [2.75, 3.05) is 14.1 Å². The number of nitrogens with one attached hydrogen (secondary N) is 2. The van der Waals surface area contributed by atoms with E-state index in [2.05, 4.69) is 23.6 Å². The van der Waals surface area contributed by atoms with E-state index in [1.165, 1.54) is 5.56 Å². The van der Waals surface area contributed by atoms with Gasteiger partial charge >= 0.3 is 0 Å². The molecule has 1 amide bonds. The molecule has 100 valence electrons. The van der Waals surface area contributed by atoms with Crippen LogP contribution < -0.4 is 15.4 Å². The number of hydrogen-bond acceptors (Lipinski definition) is 3. The first-order valence-electron chi connectivity index (χ1n) is 6.15. The fourth-order valence-corrected chi connectivity index (χ4v) is 1.69. The van der Waals surface area contributed by atoms with Crippen LogP contribution in [0.3, 0.4) is 0 Å². The van der Waals surface area contributed by atoms with Gasteiger partial charge in [-0.05, 0) is 45.0 Å². The highest BCUT2D eigenvalue weighted by Gasteiger charge is 2.14. The lowest BCUT2D eigenvalue weighted by Gasteiger charge is -2.17. The summed E-state index contributed by atoms with van der Waals surface area (Å²) >= 11 is 0. The predicted octanol–water partition coefficient (Wildman–Crippen LogP) is 1.79. The van der Waals surface area contributed by atoms with E-state index in [9.17, 15) is 4.79 Å². The van der Waals surface area contributed by atoms with Gasteiger partial charge in [-0.3, -0.25) is 4.79 Å². The van der Waals surface area contributed by atoms with E-state index in [1.807, 2.05) is 26.1 Å². The number of rotatable bonds is 5. The van der Waals surface area contributed by atoms with Crippen molar-refractivity contribution in [2.24, 2.45) is 0 Å². The summed E-state index contributed by atoms with van der Waals surface area (Å²) in [5, 5.41) is 5.76. The fraction of sp³-hybridized carbons (Fsp3) is 0.500. The second-order valence-electron chi connectivity index (χ2n) is 4.41. The maximum Gasteiger partial charge on any atom is 0.260 e. The molecule has 0 spiro atoms. The molecule has 2 unspecified atom stereocenters. The minimum atomic E-state index is -0.485. The minimum Gasteiger partial charge on any atom is -0.481 e. The largest absolute Gasteiger partial charge is 0.481 e. The number of aryl methyl sites for hydroxylation is 1. The first kappa shape index (κ1) is 14.5. The lowest BCUT2D eigenvalue weighted by molar-refractivity contribution is -0.126. The normalized spacial score (nSPS) is 13.8. The number of likely N-dealkylation sites (N-methyl/N-ethyl adjacent to an activating group) is 1. The molecular weight excluding hydrogens is 228 g/mol. The van der Waals surface area contributed by atoms with Crippen LogP contribution in [0.4, 0.5) is 0 Å². The Morgan fingerprint density at radius 3 is 2.44 bits per heavy atom. The van der Waals surface area contributed by atoms with Gasteiger partial charge in [-0.1, -0.05) is 12.1 Å². The molecule has 0 fully saturated rings. The molecule has 2 atom stereocenters. The Morgan fingerprint density at radius 2 is 1.94 bits per heavy atom. The van der Waals surface area contributed by atoms with Gasteiger partial charge in [0, 0.05) is 13.1 Å². The summed E-state index contributed by atoms with van der Waals surface area (Å²) in [7, 11) is 3.53. The summed E-state index contributed by atoms with van der Waals surface area (Å²) in [6.45, 7) is 5.82. The Labute approximate surface area is 109 Å².